The summed E-state index contributed by atoms with van der Waals surface area (Å²) in [4.78, 5) is 4.29. The Balaban J connectivity index is 2.01. The minimum absolute atomic E-state index is 0.0515. The van der Waals surface area contributed by atoms with E-state index in [-0.39, 0.29) is 5.92 Å². The van der Waals surface area contributed by atoms with Gasteiger partial charge >= 0.3 is 0 Å². The van der Waals surface area contributed by atoms with Crippen LogP contribution in [-0.4, -0.2) is 16.7 Å². The lowest BCUT2D eigenvalue weighted by molar-refractivity contribution is 0.360. The molecule has 5 heteroatoms. The van der Waals surface area contributed by atoms with Gasteiger partial charge in [0, 0.05) is 17.8 Å². The third kappa shape index (κ3) is 1.78. The zero-order chi connectivity index (χ0) is 12.5. The first-order chi connectivity index (χ1) is 8.78. The Morgan fingerprint density at radius 2 is 2.17 bits per heavy atom. The van der Waals surface area contributed by atoms with E-state index in [1.807, 2.05) is 37.3 Å². The average molecular weight is 243 g/mol. The molecule has 0 aliphatic carbocycles. The summed E-state index contributed by atoms with van der Waals surface area (Å²) in [6, 6.07) is 9.67. The van der Waals surface area contributed by atoms with E-state index < -0.39 is 0 Å². The Bertz CT molecular complexity index is 638. The number of nitrogens with zero attached hydrogens (tertiary/aromatic N) is 2. The second-order valence-electron chi connectivity index (χ2n) is 4.24. The lowest BCUT2D eigenvalue weighted by Crippen LogP contribution is -2.08. The zero-order valence-electron chi connectivity index (χ0n) is 9.96. The summed E-state index contributed by atoms with van der Waals surface area (Å²) >= 11 is 0. The van der Waals surface area contributed by atoms with Crippen LogP contribution in [-0.2, 0) is 0 Å². The van der Waals surface area contributed by atoms with Crippen molar-refractivity contribution < 1.29 is 8.94 Å². The Labute approximate surface area is 104 Å². The second kappa shape index (κ2) is 4.27. The maximum absolute atomic E-state index is 5.66. The van der Waals surface area contributed by atoms with Crippen molar-refractivity contribution in [2.45, 2.75) is 12.8 Å². The van der Waals surface area contributed by atoms with Crippen LogP contribution in [0.15, 0.2) is 39.3 Å². The van der Waals surface area contributed by atoms with Crippen LogP contribution in [0.4, 0.5) is 0 Å². The molecule has 92 valence electrons. The Kier molecular flexibility index (Phi) is 2.60. The zero-order valence-corrected chi connectivity index (χ0v) is 9.96. The number of nitrogens with two attached hydrogens (primary N) is 1. The molecule has 3 aromatic rings. The fraction of sp³-hybridized carbons (Fsp3) is 0.231. The molecule has 2 heterocycles. The number of rotatable bonds is 3. The molecule has 0 saturated heterocycles. The fourth-order valence-electron chi connectivity index (χ4n) is 1.73. The molecule has 0 bridgehead atoms. The van der Waals surface area contributed by atoms with E-state index in [1.165, 1.54) is 0 Å². The molecule has 0 aliphatic rings. The summed E-state index contributed by atoms with van der Waals surface area (Å²) < 4.78 is 10.8. The predicted molar refractivity (Wildman–Crippen MR) is 67.0 cm³/mol. The fourth-order valence-corrected chi connectivity index (χ4v) is 1.73. The summed E-state index contributed by atoms with van der Waals surface area (Å²) in [5, 5.41) is 4.93. The minimum atomic E-state index is 0.0515. The van der Waals surface area contributed by atoms with Crippen LogP contribution >= 0.6 is 0 Å². The van der Waals surface area contributed by atoms with Gasteiger partial charge in [0.25, 0.3) is 0 Å². The molecule has 5 nitrogen and oxygen atoms in total. The largest absolute Gasteiger partial charge is 0.453 e. The van der Waals surface area contributed by atoms with E-state index in [0.29, 0.717) is 24.0 Å². The highest BCUT2D eigenvalue weighted by molar-refractivity contribution is 5.81. The van der Waals surface area contributed by atoms with Crippen molar-refractivity contribution in [1.82, 2.24) is 10.1 Å². The summed E-state index contributed by atoms with van der Waals surface area (Å²) in [6.45, 7) is 2.41. The van der Waals surface area contributed by atoms with Gasteiger partial charge in [-0.3, -0.25) is 0 Å². The third-order valence-corrected chi connectivity index (χ3v) is 2.86. The highest BCUT2D eigenvalue weighted by Crippen LogP contribution is 2.26. The number of benzene rings is 1. The number of fused-ring (bicyclic) bond motifs is 1. The van der Waals surface area contributed by atoms with Crippen molar-refractivity contribution in [3.05, 3.63) is 36.2 Å². The van der Waals surface area contributed by atoms with Gasteiger partial charge < -0.3 is 14.7 Å². The normalized spacial score (nSPS) is 13.0. The summed E-state index contributed by atoms with van der Waals surface area (Å²) in [6.07, 6.45) is 0. The van der Waals surface area contributed by atoms with Gasteiger partial charge in [0.1, 0.15) is 5.58 Å². The van der Waals surface area contributed by atoms with E-state index in [2.05, 4.69) is 10.1 Å². The second-order valence-corrected chi connectivity index (χ2v) is 4.24. The maximum Gasteiger partial charge on any atom is 0.238 e. The van der Waals surface area contributed by atoms with Crippen molar-refractivity contribution in [2.75, 3.05) is 6.54 Å². The van der Waals surface area contributed by atoms with Crippen LogP contribution < -0.4 is 5.73 Å². The first-order valence-corrected chi connectivity index (χ1v) is 5.80. The van der Waals surface area contributed by atoms with Gasteiger partial charge in [-0.15, -0.1) is 0 Å². The summed E-state index contributed by atoms with van der Waals surface area (Å²) in [7, 11) is 0. The monoisotopic (exact) mass is 243 g/mol. The van der Waals surface area contributed by atoms with Gasteiger partial charge in [-0.05, 0) is 12.1 Å². The number of hydrogen-bond donors (Lipinski definition) is 1. The third-order valence-electron chi connectivity index (χ3n) is 2.86. The van der Waals surface area contributed by atoms with E-state index in [9.17, 15) is 0 Å². The van der Waals surface area contributed by atoms with Crippen molar-refractivity contribution in [1.29, 1.82) is 0 Å². The number of para-hydroxylation sites is 1. The minimum Gasteiger partial charge on any atom is -0.453 e. The highest BCUT2D eigenvalue weighted by atomic mass is 16.5. The smallest absolute Gasteiger partial charge is 0.238 e. The molecule has 0 fully saturated rings. The van der Waals surface area contributed by atoms with E-state index in [0.717, 1.165) is 11.0 Å². The lowest BCUT2D eigenvalue weighted by atomic mass is 10.2. The molecule has 2 aromatic heterocycles. The van der Waals surface area contributed by atoms with Gasteiger partial charge in [-0.1, -0.05) is 30.3 Å². The van der Waals surface area contributed by atoms with Crippen LogP contribution in [0.3, 0.4) is 0 Å². The molecule has 0 saturated carbocycles. The average Bonchev–Trinajstić information content (AvgIpc) is 3.03. The molecule has 0 amide bonds. The molecule has 0 radical (unpaired) electrons. The van der Waals surface area contributed by atoms with E-state index in [4.69, 9.17) is 14.7 Å². The van der Waals surface area contributed by atoms with Gasteiger partial charge in [-0.2, -0.15) is 4.98 Å². The summed E-state index contributed by atoms with van der Waals surface area (Å²) in [5.41, 5.74) is 6.37. The predicted octanol–water partition coefficient (Wildman–Crippen LogP) is 2.55. The molecule has 3 rings (SSSR count). The van der Waals surface area contributed by atoms with Crippen molar-refractivity contribution in [2.24, 2.45) is 5.73 Å². The quantitative estimate of drug-likeness (QED) is 0.764. The molecule has 1 atom stereocenters. The van der Waals surface area contributed by atoms with Crippen LogP contribution in [0.1, 0.15) is 18.7 Å². The van der Waals surface area contributed by atoms with E-state index >= 15 is 0 Å². The molecule has 0 spiro atoms. The number of aromatic nitrogens is 2. The number of hydrogen-bond acceptors (Lipinski definition) is 5. The highest BCUT2D eigenvalue weighted by Gasteiger charge is 2.16. The van der Waals surface area contributed by atoms with E-state index in [1.54, 1.807) is 0 Å². The van der Waals surface area contributed by atoms with Crippen LogP contribution in [0.25, 0.3) is 22.6 Å². The molecular weight excluding hydrogens is 230 g/mol. The van der Waals surface area contributed by atoms with Crippen molar-refractivity contribution in [3.63, 3.8) is 0 Å². The standard InChI is InChI=1S/C13H13N3O2/c1-8(7-14)13-15-12(16-18-13)11-6-9-4-2-3-5-10(9)17-11/h2-6,8H,7,14H2,1H3. The Hall–Kier alpha value is -2.14. The Morgan fingerprint density at radius 1 is 1.33 bits per heavy atom. The maximum atomic E-state index is 5.66. The van der Waals surface area contributed by atoms with Gasteiger partial charge in [0.05, 0.1) is 0 Å². The molecule has 1 unspecified atom stereocenters. The van der Waals surface area contributed by atoms with Crippen molar-refractivity contribution in [3.8, 4) is 11.6 Å². The van der Waals surface area contributed by atoms with Gasteiger partial charge in [-0.25, -0.2) is 0 Å². The van der Waals surface area contributed by atoms with Crippen LogP contribution in [0, 0.1) is 0 Å². The molecule has 0 aliphatic heterocycles. The van der Waals surface area contributed by atoms with Crippen LogP contribution in [0.2, 0.25) is 0 Å². The summed E-state index contributed by atoms with van der Waals surface area (Å²) in [5.74, 6) is 1.65. The Morgan fingerprint density at radius 3 is 2.94 bits per heavy atom. The lowest BCUT2D eigenvalue weighted by Gasteiger charge is -1.98. The SMILES string of the molecule is CC(CN)c1nc(-c2cc3ccccc3o2)no1. The number of furan rings is 1. The van der Waals surface area contributed by atoms with Gasteiger partial charge in [0.15, 0.2) is 5.76 Å². The first kappa shape index (κ1) is 11.0. The molecule has 18 heavy (non-hydrogen) atoms. The first-order valence-electron chi connectivity index (χ1n) is 5.80. The molecule has 2 N–H and O–H groups in total. The molecular formula is C13H13N3O2. The van der Waals surface area contributed by atoms with Crippen LogP contribution in [0.5, 0.6) is 0 Å². The topological polar surface area (TPSA) is 78.1 Å². The van der Waals surface area contributed by atoms with Crippen molar-refractivity contribution >= 4 is 11.0 Å². The molecule has 1 aromatic carbocycles. The van der Waals surface area contributed by atoms with Gasteiger partial charge in [0.2, 0.25) is 11.7 Å².